The minimum Gasteiger partial charge on any atom is -0.489 e. The van der Waals surface area contributed by atoms with Crippen molar-refractivity contribution in [2.45, 2.75) is 39.8 Å². The quantitative estimate of drug-likeness (QED) is 0.161. The van der Waals surface area contributed by atoms with Crippen LogP contribution >= 0.6 is 35.4 Å². The van der Waals surface area contributed by atoms with E-state index in [9.17, 15) is 9.59 Å². The molecule has 1 aliphatic heterocycles. The molecule has 0 unspecified atom stereocenters. The number of allylic oxidation sites excluding steroid dienone is 1. The van der Waals surface area contributed by atoms with Gasteiger partial charge in [0.15, 0.2) is 11.7 Å². The van der Waals surface area contributed by atoms with Gasteiger partial charge in [-0.3, -0.25) is 4.79 Å². The lowest BCUT2D eigenvalue weighted by atomic mass is 9.95. The number of carbonyl (C=O) groups excluding carboxylic acids is 2. The highest BCUT2D eigenvalue weighted by atomic mass is 35.5. The highest BCUT2D eigenvalue weighted by Crippen LogP contribution is 2.34. The molecule has 1 atom stereocenters. The zero-order chi connectivity index (χ0) is 27.8. The second-order valence-corrected chi connectivity index (χ2v) is 9.63. The number of amides is 1. The molecule has 0 radical (unpaired) electrons. The first-order valence-electron chi connectivity index (χ1n) is 11.7. The number of esters is 1. The Kier molecular flexibility index (Phi) is 10.3. The lowest BCUT2D eigenvalue weighted by Crippen LogP contribution is -2.45. The van der Waals surface area contributed by atoms with Gasteiger partial charge >= 0.3 is 5.97 Å². The SMILES string of the molecule is CCOC(=O)C1=C(C)NC(=S)N[C@H]1c1ccccc1OCC(=O)NN=Cc1cc(Cl)cc(Cl)c1OC(C)C. The fourth-order valence-corrected chi connectivity index (χ4v) is 4.47. The number of benzene rings is 2. The van der Waals surface area contributed by atoms with Crippen molar-refractivity contribution >= 4 is 58.6 Å². The molecule has 0 bridgehead atoms. The molecule has 0 saturated heterocycles. The molecule has 2 aromatic rings. The number of hydrogen-bond acceptors (Lipinski definition) is 7. The van der Waals surface area contributed by atoms with Gasteiger partial charge in [0, 0.05) is 21.8 Å². The predicted octanol–water partition coefficient (Wildman–Crippen LogP) is 4.67. The molecule has 2 aromatic carbocycles. The van der Waals surface area contributed by atoms with E-state index in [2.05, 4.69) is 21.2 Å². The van der Waals surface area contributed by atoms with E-state index in [1.54, 1.807) is 50.2 Å². The maximum Gasteiger partial charge on any atom is 0.338 e. The molecule has 12 heteroatoms. The normalized spacial score (nSPS) is 15.2. The van der Waals surface area contributed by atoms with Crippen LogP contribution in [0, 0.1) is 0 Å². The molecule has 3 N–H and O–H groups in total. The van der Waals surface area contributed by atoms with Crippen molar-refractivity contribution in [2.24, 2.45) is 5.10 Å². The van der Waals surface area contributed by atoms with E-state index < -0.39 is 17.9 Å². The number of carbonyl (C=O) groups is 2. The van der Waals surface area contributed by atoms with Gasteiger partial charge in [0.2, 0.25) is 0 Å². The number of para-hydroxylation sites is 1. The minimum atomic E-state index is -0.632. The number of rotatable bonds is 10. The number of ether oxygens (including phenoxy) is 3. The van der Waals surface area contributed by atoms with Crippen LogP contribution < -0.4 is 25.5 Å². The van der Waals surface area contributed by atoms with Crippen LogP contribution in [-0.4, -0.2) is 42.5 Å². The summed E-state index contributed by atoms with van der Waals surface area (Å²) < 4.78 is 16.8. The van der Waals surface area contributed by atoms with Crippen LogP contribution in [0.2, 0.25) is 10.0 Å². The Bertz CT molecular complexity index is 1280. The van der Waals surface area contributed by atoms with Crippen molar-refractivity contribution in [2.75, 3.05) is 13.2 Å². The summed E-state index contributed by atoms with van der Waals surface area (Å²) in [7, 11) is 0. The number of nitrogens with one attached hydrogen (secondary N) is 3. The standard InChI is InChI=1S/C26H28Cl2N4O5S/c1-5-35-25(34)22-15(4)30-26(38)31-23(22)18-8-6-7-9-20(18)36-13-21(33)32-29-12-16-10-17(27)11-19(28)24(16)37-14(2)3/h6-12,14,23H,5,13H2,1-4H3,(H,32,33)(H2,30,31,38)/t23-/m0/s1. The molecular weight excluding hydrogens is 551 g/mol. The highest BCUT2D eigenvalue weighted by molar-refractivity contribution is 7.80. The van der Waals surface area contributed by atoms with Crippen molar-refractivity contribution in [1.29, 1.82) is 0 Å². The molecular formula is C26H28Cl2N4O5S. The number of thiocarbonyl (C=S) groups is 1. The van der Waals surface area contributed by atoms with E-state index in [0.29, 0.717) is 49.1 Å². The molecule has 1 amide bonds. The topological polar surface area (TPSA) is 110 Å². The molecule has 0 aliphatic carbocycles. The third-order valence-corrected chi connectivity index (χ3v) is 5.86. The van der Waals surface area contributed by atoms with Crippen LogP contribution in [0.5, 0.6) is 11.5 Å². The fourth-order valence-electron chi connectivity index (χ4n) is 3.64. The maximum atomic E-state index is 12.7. The van der Waals surface area contributed by atoms with Gasteiger partial charge in [0.1, 0.15) is 11.5 Å². The monoisotopic (exact) mass is 578 g/mol. The van der Waals surface area contributed by atoms with Gasteiger partial charge in [0.25, 0.3) is 5.91 Å². The smallest absolute Gasteiger partial charge is 0.338 e. The Morgan fingerprint density at radius 1 is 1.24 bits per heavy atom. The van der Waals surface area contributed by atoms with E-state index >= 15 is 0 Å². The second kappa shape index (κ2) is 13.5. The summed E-state index contributed by atoms with van der Waals surface area (Å²) in [6, 6.07) is 9.59. The van der Waals surface area contributed by atoms with Crippen LogP contribution in [0.4, 0.5) is 0 Å². The minimum absolute atomic E-state index is 0.129. The first-order chi connectivity index (χ1) is 18.1. The number of halogens is 2. The third-order valence-electron chi connectivity index (χ3n) is 5.14. The molecule has 3 rings (SSSR count). The molecule has 0 aromatic heterocycles. The maximum absolute atomic E-state index is 12.7. The first-order valence-corrected chi connectivity index (χ1v) is 12.9. The van der Waals surface area contributed by atoms with Crippen LogP contribution in [0.3, 0.4) is 0 Å². The molecule has 38 heavy (non-hydrogen) atoms. The molecule has 0 spiro atoms. The number of hydrazone groups is 1. The van der Waals surface area contributed by atoms with E-state index in [1.165, 1.54) is 6.21 Å². The fraction of sp³-hybridized carbons (Fsp3) is 0.308. The molecule has 9 nitrogen and oxygen atoms in total. The van der Waals surface area contributed by atoms with Crippen molar-refractivity contribution in [3.8, 4) is 11.5 Å². The summed E-state index contributed by atoms with van der Waals surface area (Å²) in [6.07, 6.45) is 1.26. The van der Waals surface area contributed by atoms with Crippen LogP contribution in [0.25, 0.3) is 0 Å². The van der Waals surface area contributed by atoms with Gasteiger partial charge in [-0.2, -0.15) is 5.10 Å². The van der Waals surface area contributed by atoms with Gasteiger partial charge in [-0.25, -0.2) is 10.2 Å². The van der Waals surface area contributed by atoms with Crippen molar-refractivity contribution in [3.63, 3.8) is 0 Å². The van der Waals surface area contributed by atoms with E-state index in [1.807, 2.05) is 13.8 Å². The molecule has 202 valence electrons. The van der Waals surface area contributed by atoms with E-state index in [4.69, 9.17) is 49.6 Å². The number of hydrogen-bond donors (Lipinski definition) is 3. The summed E-state index contributed by atoms with van der Waals surface area (Å²) >= 11 is 17.7. The summed E-state index contributed by atoms with van der Waals surface area (Å²) in [5, 5.41) is 11.1. The molecule has 1 heterocycles. The highest BCUT2D eigenvalue weighted by Gasteiger charge is 2.32. The average molecular weight is 580 g/mol. The lowest BCUT2D eigenvalue weighted by Gasteiger charge is -2.30. The predicted molar refractivity (Wildman–Crippen MR) is 151 cm³/mol. The van der Waals surface area contributed by atoms with Crippen LogP contribution in [0.1, 0.15) is 44.9 Å². The Balaban J connectivity index is 1.73. The van der Waals surface area contributed by atoms with Crippen molar-refractivity contribution in [3.05, 3.63) is 68.8 Å². The summed E-state index contributed by atoms with van der Waals surface area (Å²) in [6.45, 7) is 7.08. The van der Waals surface area contributed by atoms with E-state index in [-0.39, 0.29) is 19.3 Å². The largest absolute Gasteiger partial charge is 0.489 e. The van der Waals surface area contributed by atoms with Gasteiger partial charge in [-0.05, 0) is 58.1 Å². The lowest BCUT2D eigenvalue weighted by molar-refractivity contribution is -0.139. The molecule has 1 aliphatic rings. The van der Waals surface area contributed by atoms with Gasteiger partial charge in [-0.15, -0.1) is 0 Å². The van der Waals surface area contributed by atoms with Gasteiger partial charge in [0.05, 0.1) is 35.6 Å². The Hall–Kier alpha value is -3.34. The first kappa shape index (κ1) is 29.2. The van der Waals surface area contributed by atoms with Gasteiger partial charge in [-0.1, -0.05) is 41.4 Å². The van der Waals surface area contributed by atoms with Crippen LogP contribution in [0.15, 0.2) is 52.8 Å². The molecule has 0 saturated carbocycles. The van der Waals surface area contributed by atoms with Gasteiger partial charge < -0.3 is 24.8 Å². The Labute approximate surface area is 236 Å². The second-order valence-electron chi connectivity index (χ2n) is 8.38. The summed E-state index contributed by atoms with van der Waals surface area (Å²) in [4.78, 5) is 25.2. The Morgan fingerprint density at radius 3 is 2.68 bits per heavy atom. The summed E-state index contributed by atoms with van der Waals surface area (Å²) in [5.41, 5.74) is 4.46. The zero-order valence-electron chi connectivity index (χ0n) is 21.3. The third kappa shape index (κ3) is 7.59. The molecule has 0 fully saturated rings. The van der Waals surface area contributed by atoms with Crippen molar-refractivity contribution < 1.29 is 23.8 Å². The van der Waals surface area contributed by atoms with Crippen LogP contribution in [-0.2, 0) is 14.3 Å². The average Bonchev–Trinajstić information content (AvgIpc) is 2.84. The number of nitrogens with zero attached hydrogens (tertiary/aromatic N) is 1. The van der Waals surface area contributed by atoms with E-state index in [0.717, 1.165) is 0 Å². The zero-order valence-corrected chi connectivity index (χ0v) is 23.6. The summed E-state index contributed by atoms with van der Waals surface area (Å²) in [5.74, 6) is -0.206. The Morgan fingerprint density at radius 2 is 1.97 bits per heavy atom. The van der Waals surface area contributed by atoms with Crippen molar-refractivity contribution in [1.82, 2.24) is 16.1 Å².